The van der Waals surface area contributed by atoms with Crippen molar-refractivity contribution >= 4 is 23.4 Å². The van der Waals surface area contributed by atoms with Crippen LogP contribution in [-0.2, 0) is 4.74 Å². The molecule has 0 saturated carbocycles. The molecule has 1 aromatic heterocycles. The van der Waals surface area contributed by atoms with E-state index in [-0.39, 0.29) is 17.2 Å². The van der Waals surface area contributed by atoms with Gasteiger partial charge in [-0.05, 0) is 23.8 Å². The van der Waals surface area contributed by atoms with Crippen molar-refractivity contribution in [2.75, 3.05) is 19.1 Å². The number of anilines is 1. The molecule has 2 aromatic rings. The minimum Gasteiger partial charge on any atom is -0.478 e. The summed E-state index contributed by atoms with van der Waals surface area (Å²) in [5.74, 6) is 0.519. The summed E-state index contributed by atoms with van der Waals surface area (Å²) in [5.41, 5.74) is 1.48. The van der Waals surface area contributed by atoms with E-state index in [1.54, 1.807) is 12.1 Å². The third kappa shape index (κ3) is 3.49. The van der Waals surface area contributed by atoms with Gasteiger partial charge in [-0.1, -0.05) is 35.9 Å². The summed E-state index contributed by atoms with van der Waals surface area (Å²) in [6.07, 6.45) is 9.23. The van der Waals surface area contributed by atoms with E-state index in [1.165, 1.54) is 20.4 Å². The van der Waals surface area contributed by atoms with Crippen molar-refractivity contribution in [3.63, 3.8) is 0 Å². The van der Waals surface area contributed by atoms with Crippen molar-refractivity contribution in [3.8, 4) is 5.88 Å². The lowest BCUT2D eigenvalue weighted by Crippen LogP contribution is -2.25. The smallest absolute Gasteiger partial charge is 0.337 e. The van der Waals surface area contributed by atoms with Crippen molar-refractivity contribution in [1.29, 1.82) is 0 Å². The van der Waals surface area contributed by atoms with E-state index >= 15 is 0 Å². The molecule has 1 atom stereocenters. The topological polar surface area (TPSA) is 64.5 Å². The monoisotopic (exact) mass is 357 g/mol. The zero-order chi connectivity index (χ0) is 17.8. The number of ether oxygens (including phenoxy) is 2. The van der Waals surface area contributed by atoms with Crippen LogP contribution in [0, 0.1) is 0 Å². The average molecular weight is 358 g/mol. The zero-order valence-electron chi connectivity index (χ0n) is 13.7. The standard InChI is InChI=1S/C18H16ClN3O3/c1-24-17-16(20-11-15(19)21-17)22-10-4-3-5-14(22)12-6-8-13(9-7-12)18(23)25-2/h3-11,14H,1-2H3. The maximum absolute atomic E-state index is 11.6. The van der Waals surface area contributed by atoms with Gasteiger partial charge in [0.1, 0.15) is 0 Å². The van der Waals surface area contributed by atoms with Crippen LogP contribution >= 0.6 is 11.6 Å². The number of rotatable bonds is 4. The van der Waals surface area contributed by atoms with Crippen LogP contribution in [0.2, 0.25) is 5.15 Å². The Bertz CT molecular complexity index is 834. The largest absolute Gasteiger partial charge is 0.478 e. The quantitative estimate of drug-likeness (QED) is 0.779. The lowest BCUT2D eigenvalue weighted by Gasteiger charge is -2.30. The van der Waals surface area contributed by atoms with Gasteiger partial charge < -0.3 is 14.4 Å². The molecule has 0 N–H and O–H groups in total. The van der Waals surface area contributed by atoms with Crippen molar-refractivity contribution in [1.82, 2.24) is 9.97 Å². The molecule has 128 valence electrons. The molecule has 0 amide bonds. The zero-order valence-corrected chi connectivity index (χ0v) is 14.5. The van der Waals surface area contributed by atoms with Crippen LogP contribution in [0.5, 0.6) is 5.88 Å². The first-order valence-electron chi connectivity index (χ1n) is 7.52. The van der Waals surface area contributed by atoms with E-state index < -0.39 is 0 Å². The number of carbonyl (C=O) groups is 1. The van der Waals surface area contributed by atoms with Gasteiger partial charge in [0.2, 0.25) is 0 Å². The SMILES string of the molecule is COC(=O)c1ccc(C2C=CC=CN2c2ncc(Cl)nc2OC)cc1. The van der Waals surface area contributed by atoms with Gasteiger partial charge in [0, 0.05) is 6.20 Å². The van der Waals surface area contributed by atoms with Crippen LogP contribution < -0.4 is 9.64 Å². The number of methoxy groups -OCH3 is 2. The Balaban J connectivity index is 1.96. The molecule has 1 aliphatic heterocycles. The van der Waals surface area contributed by atoms with E-state index in [0.29, 0.717) is 17.3 Å². The van der Waals surface area contributed by atoms with Gasteiger partial charge >= 0.3 is 5.97 Å². The van der Waals surface area contributed by atoms with Gasteiger partial charge in [-0.15, -0.1) is 0 Å². The number of hydrogen-bond donors (Lipinski definition) is 0. The Morgan fingerprint density at radius 3 is 2.64 bits per heavy atom. The Hall–Kier alpha value is -2.86. The lowest BCUT2D eigenvalue weighted by atomic mass is 10.0. The highest BCUT2D eigenvalue weighted by Crippen LogP contribution is 2.34. The second kappa shape index (κ2) is 7.36. The number of nitrogens with zero attached hydrogens (tertiary/aromatic N) is 3. The molecule has 6 nitrogen and oxygen atoms in total. The number of aromatic nitrogens is 2. The van der Waals surface area contributed by atoms with Crippen molar-refractivity contribution in [2.24, 2.45) is 0 Å². The predicted molar refractivity (Wildman–Crippen MR) is 94.9 cm³/mol. The molecule has 1 aliphatic rings. The van der Waals surface area contributed by atoms with Crippen LogP contribution in [0.15, 0.2) is 54.9 Å². The Morgan fingerprint density at radius 2 is 1.96 bits per heavy atom. The second-order valence-corrected chi connectivity index (χ2v) is 5.60. The molecule has 0 spiro atoms. The van der Waals surface area contributed by atoms with Gasteiger partial charge in [0.05, 0.1) is 32.0 Å². The van der Waals surface area contributed by atoms with Gasteiger partial charge in [-0.25, -0.2) is 9.78 Å². The fourth-order valence-electron chi connectivity index (χ4n) is 2.57. The lowest BCUT2D eigenvalue weighted by molar-refractivity contribution is 0.0600. The molecule has 1 aromatic carbocycles. The molecule has 25 heavy (non-hydrogen) atoms. The van der Waals surface area contributed by atoms with E-state index in [2.05, 4.69) is 9.97 Å². The number of hydrogen-bond acceptors (Lipinski definition) is 6. The molecule has 0 saturated heterocycles. The molecule has 2 heterocycles. The molecule has 0 radical (unpaired) electrons. The number of benzene rings is 1. The maximum Gasteiger partial charge on any atom is 0.337 e. The first kappa shape index (κ1) is 17.0. The first-order valence-corrected chi connectivity index (χ1v) is 7.90. The maximum atomic E-state index is 11.6. The van der Waals surface area contributed by atoms with Crippen molar-refractivity contribution in [2.45, 2.75) is 6.04 Å². The number of carbonyl (C=O) groups excluding carboxylic acids is 1. The van der Waals surface area contributed by atoms with Gasteiger partial charge in [-0.2, -0.15) is 4.98 Å². The average Bonchev–Trinajstić information content (AvgIpc) is 2.67. The minimum absolute atomic E-state index is 0.124. The third-order valence-corrected chi connectivity index (χ3v) is 3.94. The molecule has 1 unspecified atom stereocenters. The van der Waals surface area contributed by atoms with Crippen LogP contribution in [-0.4, -0.2) is 30.2 Å². The Labute approximate surface area is 150 Å². The molecule has 0 aliphatic carbocycles. The summed E-state index contributed by atoms with van der Waals surface area (Å²) in [4.78, 5) is 22.0. The minimum atomic E-state index is -0.368. The summed E-state index contributed by atoms with van der Waals surface area (Å²) < 4.78 is 10.0. The highest BCUT2D eigenvalue weighted by Gasteiger charge is 2.23. The Morgan fingerprint density at radius 1 is 1.20 bits per heavy atom. The van der Waals surface area contributed by atoms with Crippen LogP contribution in [0.3, 0.4) is 0 Å². The van der Waals surface area contributed by atoms with E-state index in [4.69, 9.17) is 21.1 Å². The molecule has 0 bridgehead atoms. The summed E-state index contributed by atoms with van der Waals surface area (Å²) in [5, 5.41) is 0.260. The van der Waals surface area contributed by atoms with Crippen LogP contribution in [0.4, 0.5) is 5.82 Å². The number of halogens is 1. The van der Waals surface area contributed by atoms with Crippen molar-refractivity contribution < 1.29 is 14.3 Å². The van der Waals surface area contributed by atoms with Gasteiger partial charge in [0.25, 0.3) is 5.88 Å². The van der Waals surface area contributed by atoms with E-state index in [9.17, 15) is 4.79 Å². The predicted octanol–water partition coefficient (Wildman–Crippen LogP) is 3.56. The van der Waals surface area contributed by atoms with E-state index in [0.717, 1.165) is 5.56 Å². The number of allylic oxidation sites excluding steroid dienone is 2. The molecule has 0 fully saturated rings. The fourth-order valence-corrected chi connectivity index (χ4v) is 2.69. The van der Waals surface area contributed by atoms with Gasteiger partial charge in [0.15, 0.2) is 11.0 Å². The molecular formula is C18H16ClN3O3. The number of esters is 1. The fraction of sp³-hybridized carbons (Fsp3) is 0.167. The second-order valence-electron chi connectivity index (χ2n) is 5.22. The summed E-state index contributed by atoms with van der Waals surface area (Å²) in [6, 6.07) is 7.10. The molecule has 3 rings (SSSR count). The Kier molecular flexibility index (Phi) is 5.00. The normalized spacial score (nSPS) is 16.0. The highest BCUT2D eigenvalue weighted by atomic mass is 35.5. The van der Waals surface area contributed by atoms with Crippen LogP contribution in [0.1, 0.15) is 22.0 Å². The third-order valence-electron chi connectivity index (χ3n) is 3.76. The van der Waals surface area contributed by atoms with Gasteiger partial charge in [-0.3, -0.25) is 0 Å². The molecular weight excluding hydrogens is 342 g/mol. The van der Waals surface area contributed by atoms with Crippen molar-refractivity contribution in [3.05, 3.63) is 71.2 Å². The highest BCUT2D eigenvalue weighted by molar-refractivity contribution is 6.29. The summed E-state index contributed by atoms with van der Waals surface area (Å²) >= 11 is 5.90. The summed E-state index contributed by atoms with van der Waals surface area (Å²) in [7, 11) is 2.88. The van der Waals surface area contributed by atoms with E-state index in [1.807, 2.05) is 41.5 Å². The first-order chi connectivity index (χ1) is 12.1. The molecule has 7 heteroatoms. The van der Waals surface area contributed by atoms with Crippen LogP contribution in [0.25, 0.3) is 0 Å². The summed E-state index contributed by atoms with van der Waals surface area (Å²) in [6.45, 7) is 0.